The van der Waals surface area contributed by atoms with Crippen LogP contribution in [0.25, 0.3) is 11.0 Å². The van der Waals surface area contributed by atoms with E-state index in [0.29, 0.717) is 27.7 Å². The number of carbonyl (C=O) groups excluding carboxylic acids is 1. The fraction of sp³-hybridized carbons (Fsp3) is 0.176. The summed E-state index contributed by atoms with van der Waals surface area (Å²) < 4.78 is 13.6. The average Bonchev–Trinajstić information content (AvgIpc) is 2.88. The number of aromatic amines is 2. The average molecular weight is 407 g/mol. The maximum absolute atomic E-state index is 12.9. The molecule has 3 N–H and O–H groups in total. The van der Waals surface area contributed by atoms with E-state index in [0.717, 1.165) is 5.56 Å². The first kappa shape index (κ1) is 17.4. The van der Waals surface area contributed by atoms with Gasteiger partial charge in [-0.15, -0.1) is 0 Å². The molecular formula is C17H16BrFN4O2. The van der Waals surface area contributed by atoms with E-state index < -0.39 is 0 Å². The van der Waals surface area contributed by atoms with Gasteiger partial charge >= 0.3 is 5.69 Å². The van der Waals surface area contributed by atoms with E-state index in [-0.39, 0.29) is 24.0 Å². The summed E-state index contributed by atoms with van der Waals surface area (Å²) in [4.78, 5) is 30.7. The Morgan fingerprint density at radius 1 is 1.20 bits per heavy atom. The summed E-state index contributed by atoms with van der Waals surface area (Å²) in [6.45, 7) is 0.699. The zero-order valence-electron chi connectivity index (χ0n) is 13.4. The Kier molecular flexibility index (Phi) is 5.00. The number of aromatic nitrogens is 2. The normalized spacial score (nSPS) is 11.2. The van der Waals surface area contributed by atoms with Crippen LogP contribution in [0.5, 0.6) is 0 Å². The third-order valence-electron chi connectivity index (χ3n) is 3.66. The summed E-state index contributed by atoms with van der Waals surface area (Å²) in [5.74, 6) is -0.477. The van der Waals surface area contributed by atoms with E-state index >= 15 is 0 Å². The first-order valence-electron chi connectivity index (χ1n) is 7.55. The number of rotatable bonds is 5. The lowest BCUT2D eigenvalue weighted by atomic mass is 10.2. The van der Waals surface area contributed by atoms with Gasteiger partial charge in [-0.3, -0.25) is 9.69 Å². The Bertz CT molecular complexity index is 965. The molecule has 0 saturated heterocycles. The molecule has 3 aromatic rings. The Morgan fingerprint density at radius 3 is 2.52 bits per heavy atom. The molecule has 0 aliphatic heterocycles. The van der Waals surface area contributed by atoms with Gasteiger partial charge in [-0.1, -0.05) is 12.1 Å². The highest BCUT2D eigenvalue weighted by atomic mass is 79.9. The number of hydrogen-bond donors (Lipinski definition) is 3. The Morgan fingerprint density at radius 2 is 1.84 bits per heavy atom. The topological polar surface area (TPSA) is 81.0 Å². The summed E-state index contributed by atoms with van der Waals surface area (Å²) in [6.07, 6.45) is 0. The molecule has 0 spiro atoms. The van der Waals surface area contributed by atoms with E-state index in [4.69, 9.17) is 0 Å². The van der Waals surface area contributed by atoms with E-state index in [1.807, 2.05) is 11.9 Å². The highest BCUT2D eigenvalue weighted by Gasteiger charge is 2.11. The molecule has 2 aromatic carbocycles. The third-order valence-corrected chi connectivity index (χ3v) is 4.31. The number of hydrogen-bond acceptors (Lipinski definition) is 3. The van der Waals surface area contributed by atoms with E-state index in [2.05, 4.69) is 31.2 Å². The van der Waals surface area contributed by atoms with Crippen LogP contribution in [0.2, 0.25) is 0 Å². The molecule has 0 bridgehead atoms. The highest BCUT2D eigenvalue weighted by molar-refractivity contribution is 9.10. The second kappa shape index (κ2) is 7.20. The van der Waals surface area contributed by atoms with Gasteiger partial charge in [0.2, 0.25) is 5.91 Å². The lowest BCUT2D eigenvalue weighted by molar-refractivity contribution is -0.117. The quantitative estimate of drug-likeness (QED) is 0.609. The van der Waals surface area contributed by atoms with Gasteiger partial charge in [0.25, 0.3) is 0 Å². The highest BCUT2D eigenvalue weighted by Crippen LogP contribution is 2.26. The first-order chi connectivity index (χ1) is 11.9. The molecule has 0 aliphatic rings. The largest absolute Gasteiger partial charge is 0.324 e. The summed E-state index contributed by atoms with van der Waals surface area (Å²) in [6, 6.07) is 9.59. The molecule has 1 aromatic heterocycles. The zero-order chi connectivity index (χ0) is 18.0. The molecule has 1 amide bonds. The monoisotopic (exact) mass is 406 g/mol. The summed E-state index contributed by atoms with van der Waals surface area (Å²) in [7, 11) is 1.81. The van der Waals surface area contributed by atoms with Gasteiger partial charge in [-0.2, -0.15) is 0 Å². The molecule has 130 valence electrons. The number of nitrogens with zero attached hydrogens (tertiary/aromatic N) is 1. The second-order valence-electron chi connectivity index (χ2n) is 5.80. The van der Waals surface area contributed by atoms with E-state index in [1.54, 1.807) is 24.3 Å². The number of H-pyrrole nitrogens is 2. The zero-order valence-corrected chi connectivity index (χ0v) is 15.0. The van der Waals surface area contributed by atoms with Gasteiger partial charge in [0.1, 0.15) is 5.82 Å². The SMILES string of the molecule is CN(CC(=O)Nc1cc2[nH]c(=O)[nH]c2cc1Br)Cc1ccc(F)cc1. The Balaban J connectivity index is 1.64. The standard InChI is InChI=1S/C17H16BrFN4O2/c1-23(8-10-2-4-11(19)5-3-10)9-16(24)20-13-7-15-14(6-12(13)18)21-17(25)22-15/h2-7H,8-9H2,1H3,(H,20,24)(H2,21,22,25). The number of carbonyl (C=O) groups is 1. The predicted molar refractivity (Wildman–Crippen MR) is 98.0 cm³/mol. The summed E-state index contributed by atoms with van der Waals surface area (Å²) in [5, 5.41) is 2.81. The Labute approximate surface area is 151 Å². The lowest BCUT2D eigenvalue weighted by Crippen LogP contribution is -2.29. The van der Waals surface area contributed by atoms with Gasteiger partial charge in [-0.25, -0.2) is 9.18 Å². The van der Waals surface area contributed by atoms with Crippen molar-refractivity contribution in [1.29, 1.82) is 0 Å². The third kappa shape index (κ3) is 4.34. The molecule has 8 heteroatoms. The maximum Gasteiger partial charge on any atom is 0.323 e. The molecule has 0 radical (unpaired) electrons. The van der Waals surface area contributed by atoms with Crippen LogP contribution in [-0.2, 0) is 11.3 Å². The number of imidazole rings is 1. The molecule has 0 atom stereocenters. The molecule has 6 nitrogen and oxygen atoms in total. The van der Waals surface area contributed by atoms with E-state index in [9.17, 15) is 14.0 Å². The molecule has 0 saturated carbocycles. The van der Waals surface area contributed by atoms with Crippen molar-refractivity contribution < 1.29 is 9.18 Å². The number of halogens is 2. The fourth-order valence-electron chi connectivity index (χ4n) is 2.54. The predicted octanol–water partition coefficient (Wildman–Crippen LogP) is 2.83. The van der Waals surface area contributed by atoms with Gasteiger partial charge in [0, 0.05) is 11.0 Å². The number of anilines is 1. The maximum atomic E-state index is 12.9. The molecule has 0 aliphatic carbocycles. The number of fused-ring (bicyclic) bond motifs is 1. The van der Waals surface area contributed by atoms with Crippen LogP contribution in [0.1, 0.15) is 5.56 Å². The molecule has 3 rings (SSSR count). The van der Waals surface area contributed by atoms with Crippen molar-refractivity contribution in [1.82, 2.24) is 14.9 Å². The number of amides is 1. The molecule has 0 fully saturated rings. The van der Waals surface area contributed by atoms with Crippen molar-refractivity contribution >= 4 is 38.6 Å². The smallest absolute Gasteiger partial charge is 0.323 e. The van der Waals surface area contributed by atoms with Gasteiger partial charge in [-0.05, 0) is 52.8 Å². The van der Waals surface area contributed by atoms with Crippen LogP contribution in [0.3, 0.4) is 0 Å². The Hall–Kier alpha value is -2.45. The number of likely N-dealkylation sites (N-methyl/N-ethyl adjacent to an activating group) is 1. The number of nitrogens with one attached hydrogen (secondary N) is 3. The minimum absolute atomic E-state index is 0.172. The minimum atomic E-state index is -0.301. The van der Waals surface area contributed by atoms with Crippen molar-refractivity contribution in [3.05, 3.63) is 62.7 Å². The minimum Gasteiger partial charge on any atom is -0.324 e. The van der Waals surface area contributed by atoms with Crippen molar-refractivity contribution in [2.24, 2.45) is 0 Å². The summed E-state index contributed by atoms with van der Waals surface area (Å²) in [5.41, 5.74) is 2.46. The lowest BCUT2D eigenvalue weighted by Gasteiger charge is -2.17. The van der Waals surface area contributed by atoms with Gasteiger partial charge in [0.15, 0.2) is 0 Å². The molecular weight excluding hydrogens is 391 g/mol. The van der Waals surface area contributed by atoms with Crippen LogP contribution in [0, 0.1) is 5.82 Å². The second-order valence-corrected chi connectivity index (χ2v) is 6.66. The molecule has 25 heavy (non-hydrogen) atoms. The molecule has 1 heterocycles. The van der Waals surface area contributed by atoms with Crippen molar-refractivity contribution in [2.45, 2.75) is 6.54 Å². The van der Waals surface area contributed by atoms with Crippen LogP contribution in [-0.4, -0.2) is 34.4 Å². The van der Waals surface area contributed by atoms with Crippen LogP contribution < -0.4 is 11.0 Å². The van der Waals surface area contributed by atoms with Crippen molar-refractivity contribution in [3.63, 3.8) is 0 Å². The van der Waals surface area contributed by atoms with Gasteiger partial charge in [0.05, 0.1) is 23.3 Å². The first-order valence-corrected chi connectivity index (χ1v) is 8.34. The van der Waals surface area contributed by atoms with Crippen molar-refractivity contribution in [3.8, 4) is 0 Å². The van der Waals surface area contributed by atoms with Crippen LogP contribution >= 0.6 is 15.9 Å². The van der Waals surface area contributed by atoms with E-state index in [1.165, 1.54) is 12.1 Å². The van der Waals surface area contributed by atoms with Crippen molar-refractivity contribution in [2.75, 3.05) is 18.9 Å². The van der Waals surface area contributed by atoms with Crippen LogP contribution in [0.15, 0.2) is 45.7 Å². The molecule has 0 unspecified atom stereocenters. The van der Waals surface area contributed by atoms with Crippen LogP contribution in [0.4, 0.5) is 10.1 Å². The fourth-order valence-corrected chi connectivity index (χ4v) is 2.99. The number of benzene rings is 2. The van der Waals surface area contributed by atoms with Gasteiger partial charge < -0.3 is 15.3 Å². The summed E-state index contributed by atoms with van der Waals surface area (Å²) >= 11 is 3.38.